The van der Waals surface area contributed by atoms with E-state index in [1.165, 1.54) is 12.1 Å². The first-order valence-electron chi connectivity index (χ1n) is 10.00. The highest BCUT2D eigenvalue weighted by Gasteiger charge is 2.21. The van der Waals surface area contributed by atoms with Gasteiger partial charge in [-0.05, 0) is 55.2 Å². The van der Waals surface area contributed by atoms with Crippen LogP contribution in [-0.2, 0) is 13.1 Å². The van der Waals surface area contributed by atoms with Gasteiger partial charge in [0.05, 0.1) is 17.6 Å². The second-order valence-corrected chi connectivity index (χ2v) is 8.71. The molecule has 0 N–H and O–H groups in total. The summed E-state index contributed by atoms with van der Waals surface area (Å²) >= 11 is 3.52. The number of hydrogen-bond donors (Lipinski definition) is 0. The molecular formula is C23H27BrFN3O. The molecule has 0 bridgehead atoms. The van der Waals surface area contributed by atoms with Crippen LogP contribution in [0.4, 0.5) is 4.39 Å². The third-order valence-corrected chi connectivity index (χ3v) is 5.71. The lowest BCUT2D eigenvalue weighted by Gasteiger charge is -2.25. The van der Waals surface area contributed by atoms with Crippen LogP contribution in [0.2, 0.25) is 0 Å². The van der Waals surface area contributed by atoms with Gasteiger partial charge in [-0.3, -0.25) is 4.79 Å². The summed E-state index contributed by atoms with van der Waals surface area (Å²) in [5, 5.41) is 0. The Morgan fingerprint density at radius 3 is 2.66 bits per heavy atom. The van der Waals surface area contributed by atoms with Crippen molar-refractivity contribution in [2.75, 3.05) is 6.54 Å². The van der Waals surface area contributed by atoms with Gasteiger partial charge >= 0.3 is 0 Å². The van der Waals surface area contributed by atoms with Crippen molar-refractivity contribution >= 4 is 32.9 Å². The smallest absolute Gasteiger partial charge is 0.254 e. The maximum Gasteiger partial charge on any atom is 0.254 e. The van der Waals surface area contributed by atoms with Gasteiger partial charge < -0.3 is 9.47 Å². The van der Waals surface area contributed by atoms with Crippen LogP contribution in [0, 0.1) is 18.7 Å². The molecule has 154 valence electrons. The zero-order valence-corrected chi connectivity index (χ0v) is 19.0. The molecule has 0 atom stereocenters. The number of nitrogens with zero attached hydrogens (tertiary/aromatic N) is 3. The van der Waals surface area contributed by atoms with E-state index in [0.717, 1.165) is 39.9 Å². The Kier molecular flexibility index (Phi) is 6.73. The highest BCUT2D eigenvalue weighted by molar-refractivity contribution is 9.10. The zero-order valence-electron chi connectivity index (χ0n) is 17.4. The number of hydrogen-bond acceptors (Lipinski definition) is 2. The molecule has 3 rings (SSSR count). The van der Waals surface area contributed by atoms with Crippen LogP contribution in [-0.4, -0.2) is 26.9 Å². The van der Waals surface area contributed by atoms with Gasteiger partial charge in [0.15, 0.2) is 0 Å². The largest absolute Gasteiger partial charge is 0.331 e. The van der Waals surface area contributed by atoms with E-state index < -0.39 is 0 Å². The maximum atomic E-state index is 13.8. The summed E-state index contributed by atoms with van der Waals surface area (Å²) in [5.41, 5.74) is 3.26. The normalized spacial score (nSPS) is 11.4. The van der Waals surface area contributed by atoms with Crippen LogP contribution in [0.5, 0.6) is 0 Å². The number of imidazole rings is 1. The van der Waals surface area contributed by atoms with Gasteiger partial charge in [0, 0.05) is 23.1 Å². The molecule has 1 aromatic heterocycles. The lowest BCUT2D eigenvalue weighted by molar-refractivity contribution is 0.0716. The zero-order chi connectivity index (χ0) is 21.1. The van der Waals surface area contributed by atoms with Crippen molar-refractivity contribution in [3.05, 3.63) is 63.6 Å². The standard InChI is InChI=1S/C23H27BrFN3O/c1-5-10-28-21-12-18(25)8-9-20(21)26-22(28)14-27(13-15(2)3)23(29)17-7-6-16(4)19(24)11-17/h6-9,11-12,15H,5,10,13-14H2,1-4H3. The van der Waals surface area contributed by atoms with Crippen molar-refractivity contribution in [2.45, 2.75) is 47.2 Å². The number of aromatic nitrogens is 2. The Morgan fingerprint density at radius 2 is 2.00 bits per heavy atom. The summed E-state index contributed by atoms with van der Waals surface area (Å²) < 4.78 is 16.8. The van der Waals surface area contributed by atoms with E-state index in [2.05, 4.69) is 36.7 Å². The Balaban J connectivity index is 1.99. The Bertz CT molecular complexity index is 1030. The summed E-state index contributed by atoms with van der Waals surface area (Å²) in [6.07, 6.45) is 0.901. The Hall–Kier alpha value is -2.21. The van der Waals surface area contributed by atoms with E-state index in [1.54, 1.807) is 6.07 Å². The number of fused-ring (bicyclic) bond motifs is 1. The third kappa shape index (κ3) is 4.86. The molecule has 6 heteroatoms. The average molecular weight is 460 g/mol. The SMILES string of the molecule is CCCn1c(CN(CC(C)C)C(=O)c2ccc(C)c(Br)c2)nc2ccc(F)cc21. The first-order chi connectivity index (χ1) is 13.8. The quantitative estimate of drug-likeness (QED) is 0.437. The van der Waals surface area contributed by atoms with E-state index >= 15 is 0 Å². The predicted molar refractivity (Wildman–Crippen MR) is 118 cm³/mol. The fraction of sp³-hybridized carbons (Fsp3) is 0.391. The number of amides is 1. The van der Waals surface area contributed by atoms with E-state index in [1.807, 2.05) is 34.6 Å². The fourth-order valence-corrected chi connectivity index (χ4v) is 3.86. The van der Waals surface area contributed by atoms with Gasteiger partial charge in [-0.2, -0.15) is 0 Å². The predicted octanol–water partition coefficient (Wildman–Crippen LogP) is 5.95. The molecule has 29 heavy (non-hydrogen) atoms. The molecule has 0 spiro atoms. The van der Waals surface area contributed by atoms with Gasteiger partial charge in [-0.1, -0.05) is 42.8 Å². The Labute approximate surface area is 179 Å². The molecule has 4 nitrogen and oxygen atoms in total. The van der Waals surface area contributed by atoms with Crippen LogP contribution >= 0.6 is 15.9 Å². The molecule has 2 aromatic carbocycles. The number of carbonyl (C=O) groups excluding carboxylic acids is 1. The van der Waals surface area contributed by atoms with Gasteiger partial charge in [0.25, 0.3) is 5.91 Å². The highest BCUT2D eigenvalue weighted by atomic mass is 79.9. The monoisotopic (exact) mass is 459 g/mol. The summed E-state index contributed by atoms with van der Waals surface area (Å²) in [4.78, 5) is 19.9. The summed E-state index contributed by atoms with van der Waals surface area (Å²) in [6.45, 7) is 10.00. The van der Waals surface area contributed by atoms with E-state index in [4.69, 9.17) is 4.98 Å². The van der Waals surface area contributed by atoms with Crippen LogP contribution in [0.3, 0.4) is 0 Å². The third-order valence-electron chi connectivity index (χ3n) is 4.86. The van der Waals surface area contributed by atoms with E-state index in [0.29, 0.717) is 24.6 Å². The number of benzene rings is 2. The average Bonchev–Trinajstić information content (AvgIpc) is 2.99. The molecule has 1 heterocycles. The summed E-state index contributed by atoms with van der Waals surface area (Å²) in [7, 11) is 0. The molecule has 1 amide bonds. The first-order valence-corrected chi connectivity index (χ1v) is 10.8. The van der Waals surface area contributed by atoms with Crippen molar-refractivity contribution in [3.63, 3.8) is 0 Å². The highest BCUT2D eigenvalue weighted by Crippen LogP contribution is 2.22. The molecule has 0 aliphatic carbocycles. The number of rotatable bonds is 7. The molecular weight excluding hydrogens is 433 g/mol. The molecule has 0 unspecified atom stereocenters. The fourth-order valence-electron chi connectivity index (χ4n) is 3.48. The molecule has 0 fully saturated rings. The molecule has 0 aliphatic heterocycles. The van der Waals surface area contributed by atoms with Crippen molar-refractivity contribution in [3.8, 4) is 0 Å². The van der Waals surface area contributed by atoms with Crippen molar-refractivity contribution < 1.29 is 9.18 Å². The van der Waals surface area contributed by atoms with Crippen molar-refractivity contribution in [2.24, 2.45) is 5.92 Å². The molecule has 0 radical (unpaired) electrons. The van der Waals surface area contributed by atoms with Gasteiger partial charge in [-0.15, -0.1) is 0 Å². The summed E-state index contributed by atoms with van der Waals surface area (Å²) in [5.74, 6) is 0.795. The molecule has 0 saturated carbocycles. The lowest BCUT2D eigenvalue weighted by atomic mass is 10.1. The molecule has 0 saturated heterocycles. The van der Waals surface area contributed by atoms with Crippen LogP contribution in [0.25, 0.3) is 11.0 Å². The minimum atomic E-state index is -0.277. The van der Waals surface area contributed by atoms with E-state index in [9.17, 15) is 9.18 Å². The lowest BCUT2D eigenvalue weighted by Crippen LogP contribution is -2.34. The minimum absolute atomic E-state index is 0.0271. The number of halogens is 2. The van der Waals surface area contributed by atoms with Crippen molar-refractivity contribution in [1.82, 2.24) is 14.5 Å². The topological polar surface area (TPSA) is 38.1 Å². The van der Waals surface area contributed by atoms with Crippen molar-refractivity contribution in [1.29, 1.82) is 0 Å². The van der Waals surface area contributed by atoms with Crippen LogP contribution < -0.4 is 0 Å². The summed E-state index contributed by atoms with van der Waals surface area (Å²) in [6, 6.07) is 10.3. The maximum absolute atomic E-state index is 13.8. The van der Waals surface area contributed by atoms with Crippen LogP contribution in [0.1, 0.15) is 48.9 Å². The molecule has 3 aromatic rings. The minimum Gasteiger partial charge on any atom is -0.331 e. The van der Waals surface area contributed by atoms with Gasteiger partial charge in [-0.25, -0.2) is 9.37 Å². The number of carbonyl (C=O) groups is 1. The van der Waals surface area contributed by atoms with E-state index in [-0.39, 0.29) is 11.7 Å². The first kappa shape index (κ1) is 21.5. The number of aryl methyl sites for hydroxylation is 2. The van der Waals surface area contributed by atoms with Gasteiger partial charge in [0.2, 0.25) is 0 Å². The van der Waals surface area contributed by atoms with Gasteiger partial charge in [0.1, 0.15) is 11.6 Å². The van der Waals surface area contributed by atoms with Crippen LogP contribution in [0.15, 0.2) is 40.9 Å². The Morgan fingerprint density at radius 1 is 1.24 bits per heavy atom. The second-order valence-electron chi connectivity index (χ2n) is 7.86. The molecule has 0 aliphatic rings. The second kappa shape index (κ2) is 9.08.